The Hall–Kier alpha value is -1.62. The average molecular weight is 292 g/mol. The summed E-state index contributed by atoms with van der Waals surface area (Å²) in [5, 5.41) is 19.2. The van der Waals surface area contributed by atoms with Crippen LogP contribution < -0.4 is 0 Å². The van der Waals surface area contributed by atoms with E-state index in [9.17, 15) is 18.9 Å². The summed E-state index contributed by atoms with van der Waals surface area (Å²) in [4.78, 5) is 12.7. The van der Waals surface area contributed by atoms with Crippen LogP contribution in [-0.2, 0) is 5.33 Å². The molecule has 1 heterocycles. The van der Waals surface area contributed by atoms with Gasteiger partial charge >= 0.3 is 12.2 Å². The predicted molar refractivity (Wildman–Crippen MR) is 53.2 cm³/mol. The summed E-state index contributed by atoms with van der Waals surface area (Å²) in [6.07, 6.45) is -3.02. The summed E-state index contributed by atoms with van der Waals surface area (Å²) in [5.41, 5.74) is -1.05. The van der Waals surface area contributed by atoms with Crippen LogP contribution in [0.5, 0.6) is 0 Å². The molecule has 0 unspecified atom stereocenters. The lowest BCUT2D eigenvalue weighted by molar-refractivity contribution is -0.389. The molecule has 0 spiro atoms. The SMILES string of the molecule is N#Cc1c(CBr)cc([N+](=O)[O-])nc1C(F)F. The maximum atomic E-state index is 12.5. The molecule has 0 amide bonds. The molecule has 5 nitrogen and oxygen atoms in total. The molecule has 0 N–H and O–H groups in total. The quantitative estimate of drug-likeness (QED) is 0.487. The molecule has 16 heavy (non-hydrogen) atoms. The Bertz CT molecular complexity index is 473. The minimum absolute atomic E-state index is 0.0684. The summed E-state index contributed by atoms with van der Waals surface area (Å²) < 4.78 is 25.0. The van der Waals surface area contributed by atoms with Crippen molar-refractivity contribution in [2.24, 2.45) is 0 Å². The number of pyridine rings is 1. The number of aromatic nitrogens is 1. The summed E-state index contributed by atoms with van der Waals surface area (Å²) in [6.45, 7) is 0. The number of nitro groups is 1. The van der Waals surface area contributed by atoms with Crippen LogP contribution in [0, 0.1) is 21.4 Å². The number of hydrogen-bond acceptors (Lipinski definition) is 4. The fraction of sp³-hybridized carbons (Fsp3) is 0.250. The highest BCUT2D eigenvalue weighted by atomic mass is 79.9. The molecule has 0 saturated heterocycles. The van der Waals surface area contributed by atoms with Gasteiger partial charge in [-0.2, -0.15) is 5.26 Å². The molecule has 1 aromatic rings. The smallest absolute Gasteiger partial charge is 0.358 e. The van der Waals surface area contributed by atoms with Gasteiger partial charge in [-0.1, -0.05) is 15.9 Å². The molecule has 84 valence electrons. The van der Waals surface area contributed by atoms with Gasteiger partial charge in [0.2, 0.25) is 5.69 Å². The minimum Gasteiger partial charge on any atom is -0.358 e. The van der Waals surface area contributed by atoms with E-state index >= 15 is 0 Å². The Morgan fingerprint density at radius 1 is 1.69 bits per heavy atom. The summed E-state index contributed by atoms with van der Waals surface area (Å²) in [6, 6.07) is 2.57. The van der Waals surface area contributed by atoms with Crippen molar-refractivity contribution in [1.29, 1.82) is 5.26 Å². The lowest BCUT2D eigenvalue weighted by Crippen LogP contribution is -2.03. The van der Waals surface area contributed by atoms with Crippen molar-refractivity contribution < 1.29 is 13.7 Å². The van der Waals surface area contributed by atoms with Crippen LogP contribution in [0.15, 0.2) is 6.07 Å². The highest BCUT2D eigenvalue weighted by Gasteiger charge is 2.26. The van der Waals surface area contributed by atoms with Crippen molar-refractivity contribution in [3.8, 4) is 6.07 Å². The van der Waals surface area contributed by atoms with Gasteiger partial charge in [0, 0.05) is 11.4 Å². The van der Waals surface area contributed by atoms with Crippen molar-refractivity contribution in [2.45, 2.75) is 11.8 Å². The molecule has 1 aromatic heterocycles. The van der Waals surface area contributed by atoms with Gasteiger partial charge in [0.05, 0.1) is 0 Å². The molecule has 0 aliphatic heterocycles. The molecule has 0 aliphatic rings. The fourth-order valence-electron chi connectivity index (χ4n) is 1.09. The van der Waals surface area contributed by atoms with E-state index in [0.717, 1.165) is 6.07 Å². The van der Waals surface area contributed by atoms with Crippen molar-refractivity contribution in [3.05, 3.63) is 33.0 Å². The fourth-order valence-corrected chi connectivity index (χ4v) is 1.53. The average Bonchev–Trinajstić information content (AvgIpc) is 2.26. The molecule has 0 atom stereocenters. The molecular formula is C8H4BrF2N3O2. The van der Waals surface area contributed by atoms with Gasteiger partial charge in [-0.05, 0) is 15.5 Å². The van der Waals surface area contributed by atoms with Gasteiger partial charge in [0.1, 0.15) is 11.6 Å². The van der Waals surface area contributed by atoms with E-state index in [-0.39, 0.29) is 16.5 Å². The zero-order valence-corrected chi connectivity index (χ0v) is 9.24. The molecule has 0 saturated carbocycles. The number of nitriles is 1. The van der Waals surface area contributed by atoms with E-state index in [0.29, 0.717) is 0 Å². The first-order chi connectivity index (χ1) is 7.51. The van der Waals surface area contributed by atoms with Crippen molar-refractivity contribution in [2.75, 3.05) is 0 Å². The number of halogens is 3. The van der Waals surface area contributed by atoms with Crippen molar-refractivity contribution in [1.82, 2.24) is 4.98 Å². The Balaban J connectivity index is 3.51. The van der Waals surface area contributed by atoms with Crippen LogP contribution in [0.3, 0.4) is 0 Å². The maximum absolute atomic E-state index is 12.5. The summed E-state index contributed by atoms with van der Waals surface area (Å²) >= 11 is 2.97. The van der Waals surface area contributed by atoms with Gasteiger partial charge in [0.15, 0.2) is 0 Å². The molecule has 8 heteroatoms. The Kier molecular flexibility index (Phi) is 3.84. The number of hydrogen-bond donors (Lipinski definition) is 0. The highest BCUT2D eigenvalue weighted by molar-refractivity contribution is 9.08. The van der Waals surface area contributed by atoms with E-state index in [1.807, 2.05) is 0 Å². The monoisotopic (exact) mass is 291 g/mol. The second kappa shape index (κ2) is 4.94. The van der Waals surface area contributed by atoms with Gasteiger partial charge in [-0.15, -0.1) is 0 Å². The van der Waals surface area contributed by atoms with Crippen molar-refractivity contribution in [3.63, 3.8) is 0 Å². The predicted octanol–water partition coefficient (Wildman–Crippen LogP) is 2.69. The zero-order valence-electron chi connectivity index (χ0n) is 7.65. The van der Waals surface area contributed by atoms with Crippen LogP contribution in [0.4, 0.5) is 14.6 Å². The van der Waals surface area contributed by atoms with Crippen LogP contribution in [0.1, 0.15) is 23.2 Å². The number of nitrogens with zero attached hydrogens (tertiary/aromatic N) is 3. The van der Waals surface area contributed by atoms with E-state index in [1.54, 1.807) is 6.07 Å². The van der Waals surface area contributed by atoms with Crippen molar-refractivity contribution >= 4 is 21.7 Å². The molecule has 0 aliphatic carbocycles. The van der Waals surface area contributed by atoms with E-state index in [4.69, 9.17) is 5.26 Å². The van der Waals surface area contributed by atoms with Gasteiger partial charge < -0.3 is 10.1 Å². The number of alkyl halides is 3. The van der Waals surface area contributed by atoms with Crippen LogP contribution in [0.25, 0.3) is 0 Å². The Morgan fingerprint density at radius 3 is 2.69 bits per heavy atom. The maximum Gasteiger partial charge on any atom is 0.364 e. The summed E-state index contributed by atoms with van der Waals surface area (Å²) in [7, 11) is 0. The third-order valence-electron chi connectivity index (χ3n) is 1.77. The van der Waals surface area contributed by atoms with Gasteiger partial charge in [0.25, 0.3) is 0 Å². The Labute approximate surface area is 97.0 Å². The largest absolute Gasteiger partial charge is 0.364 e. The van der Waals surface area contributed by atoms with Gasteiger partial charge in [-0.3, -0.25) is 0 Å². The first-order valence-corrected chi connectivity index (χ1v) is 5.05. The standard InChI is InChI=1S/C8H4BrF2N3O2/c9-2-4-1-6(14(15)16)13-7(8(10)11)5(4)3-12/h1,8H,2H2. The first-order valence-electron chi connectivity index (χ1n) is 3.93. The topological polar surface area (TPSA) is 79.8 Å². The third kappa shape index (κ3) is 2.30. The normalized spacial score (nSPS) is 10.2. The third-order valence-corrected chi connectivity index (χ3v) is 2.37. The molecule has 1 rings (SSSR count). The van der Waals surface area contributed by atoms with E-state index < -0.39 is 22.9 Å². The first kappa shape index (κ1) is 12.4. The molecule has 0 fully saturated rings. The number of rotatable bonds is 3. The second-order valence-corrected chi connectivity index (χ2v) is 3.26. The molecular weight excluding hydrogens is 288 g/mol. The van der Waals surface area contributed by atoms with Gasteiger partial charge in [-0.25, -0.2) is 8.78 Å². The highest BCUT2D eigenvalue weighted by Crippen LogP contribution is 2.27. The summed E-state index contributed by atoms with van der Waals surface area (Å²) in [5.74, 6) is -0.691. The van der Waals surface area contributed by atoms with Crippen LogP contribution >= 0.6 is 15.9 Å². The molecule has 0 bridgehead atoms. The zero-order chi connectivity index (χ0) is 12.3. The lowest BCUT2D eigenvalue weighted by Gasteiger charge is -2.03. The second-order valence-electron chi connectivity index (χ2n) is 2.70. The Morgan fingerprint density at radius 2 is 2.31 bits per heavy atom. The van der Waals surface area contributed by atoms with Crippen LogP contribution in [-0.4, -0.2) is 9.91 Å². The van der Waals surface area contributed by atoms with Crippen LogP contribution in [0.2, 0.25) is 0 Å². The molecule has 0 radical (unpaired) electrons. The van der Waals surface area contributed by atoms with E-state index in [1.165, 1.54) is 0 Å². The minimum atomic E-state index is -3.02. The van der Waals surface area contributed by atoms with E-state index in [2.05, 4.69) is 20.9 Å². The molecule has 0 aromatic carbocycles. The lowest BCUT2D eigenvalue weighted by atomic mass is 10.1.